The number of anilines is 1. The first-order valence-corrected chi connectivity index (χ1v) is 6.22. The molecular formula is C13H19ClFN3O. The second kappa shape index (κ2) is 8.09. The van der Waals surface area contributed by atoms with Gasteiger partial charge in [-0.15, -0.1) is 12.4 Å². The Labute approximate surface area is 118 Å². The van der Waals surface area contributed by atoms with Crippen molar-refractivity contribution in [3.63, 3.8) is 0 Å². The maximum absolute atomic E-state index is 12.7. The van der Waals surface area contributed by atoms with Crippen molar-refractivity contribution in [2.75, 3.05) is 38.0 Å². The van der Waals surface area contributed by atoms with Crippen LogP contribution in [-0.2, 0) is 4.79 Å². The van der Waals surface area contributed by atoms with Crippen molar-refractivity contribution in [2.45, 2.75) is 6.42 Å². The van der Waals surface area contributed by atoms with Gasteiger partial charge in [0.15, 0.2) is 0 Å². The standard InChI is InChI=1S/C13H18FN3O.ClH/c14-11-2-4-12(5-3-11)16-13(18)10-17-8-1-6-15-7-9-17;/h2-5,15H,1,6-10H2,(H,16,18);1H. The Kier molecular flexibility index (Phi) is 6.77. The molecule has 2 N–H and O–H groups in total. The van der Waals surface area contributed by atoms with Gasteiger partial charge in [0.05, 0.1) is 6.54 Å². The van der Waals surface area contributed by atoms with Crippen LogP contribution in [0.1, 0.15) is 6.42 Å². The maximum Gasteiger partial charge on any atom is 0.238 e. The Morgan fingerprint density at radius 2 is 2.00 bits per heavy atom. The molecule has 0 radical (unpaired) electrons. The summed E-state index contributed by atoms with van der Waals surface area (Å²) in [6.07, 6.45) is 1.06. The zero-order valence-corrected chi connectivity index (χ0v) is 11.5. The Balaban J connectivity index is 0.00000180. The molecule has 1 aromatic carbocycles. The Morgan fingerprint density at radius 3 is 2.74 bits per heavy atom. The van der Waals surface area contributed by atoms with Crippen molar-refractivity contribution in [1.82, 2.24) is 10.2 Å². The van der Waals surface area contributed by atoms with Crippen LogP contribution < -0.4 is 10.6 Å². The number of carbonyl (C=O) groups excluding carboxylic acids is 1. The zero-order valence-electron chi connectivity index (χ0n) is 10.7. The summed E-state index contributed by atoms with van der Waals surface area (Å²) in [7, 11) is 0. The van der Waals surface area contributed by atoms with E-state index in [1.54, 1.807) is 12.1 Å². The van der Waals surface area contributed by atoms with E-state index in [0.717, 1.165) is 32.6 Å². The number of amides is 1. The Hall–Kier alpha value is -1.17. The van der Waals surface area contributed by atoms with Crippen LogP contribution in [0.4, 0.5) is 10.1 Å². The van der Waals surface area contributed by atoms with Crippen LogP contribution in [0.3, 0.4) is 0 Å². The van der Waals surface area contributed by atoms with Crippen LogP contribution in [-0.4, -0.2) is 43.5 Å². The second-order valence-corrected chi connectivity index (χ2v) is 4.43. The first-order valence-electron chi connectivity index (χ1n) is 6.22. The molecule has 1 amide bonds. The molecule has 0 bridgehead atoms. The third-order valence-corrected chi connectivity index (χ3v) is 2.93. The molecule has 19 heavy (non-hydrogen) atoms. The number of hydrogen-bond acceptors (Lipinski definition) is 3. The topological polar surface area (TPSA) is 44.4 Å². The fourth-order valence-corrected chi connectivity index (χ4v) is 2.00. The lowest BCUT2D eigenvalue weighted by molar-refractivity contribution is -0.117. The molecule has 0 saturated carbocycles. The molecule has 0 unspecified atom stereocenters. The first-order chi connectivity index (χ1) is 8.74. The van der Waals surface area contributed by atoms with Crippen molar-refractivity contribution in [2.24, 2.45) is 0 Å². The molecule has 106 valence electrons. The number of halogens is 2. The summed E-state index contributed by atoms with van der Waals surface area (Å²) in [4.78, 5) is 13.9. The van der Waals surface area contributed by atoms with Gasteiger partial charge in [0, 0.05) is 18.8 Å². The quantitative estimate of drug-likeness (QED) is 0.885. The summed E-state index contributed by atoms with van der Waals surface area (Å²) in [6.45, 7) is 4.14. The number of nitrogens with one attached hydrogen (secondary N) is 2. The number of rotatable bonds is 3. The van der Waals surface area contributed by atoms with Crippen LogP contribution in [0.25, 0.3) is 0 Å². The van der Waals surface area contributed by atoms with Gasteiger partial charge in [-0.25, -0.2) is 4.39 Å². The van der Waals surface area contributed by atoms with Gasteiger partial charge in [0.2, 0.25) is 5.91 Å². The first kappa shape index (κ1) is 15.9. The number of nitrogens with zero attached hydrogens (tertiary/aromatic N) is 1. The number of benzene rings is 1. The summed E-state index contributed by atoms with van der Waals surface area (Å²) in [5.74, 6) is -0.352. The van der Waals surface area contributed by atoms with Crippen molar-refractivity contribution >= 4 is 24.0 Å². The summed E-state index contributed by atoms with van der Waals surface area (Å²) >= 11 is 0. The van der Waals surface area contributed by atoms with E-state index in [1.807, 2.05) is 0 Å². The molecule has 0 spiro atoms. The lowest BCUT2D eigenvalue weighted by Gasteiger charge is -2.18. The molecular weight excluding hydrogens is 269 g/mol. The van der Waals surface area contributed by atoms with E-state index >= 15 is 0 Å². The highest BCUT2D eigenvalue weighted by molar-refractivity contribution is 5.92. The van der Waals surface area contributed by atoms with Crippen LogP contribution in [0, 0.1) is 5.82 Å². The molecule has 4 nitrogen and oxygen atoms in total. The predicted octanol–water partition coefficient (Wildman–Crippen LogP) is 1.48. The molecule has 1 saturated heterocycles. The van der Waals surface area contributed by atoms with E-state index in [4.69, 9.17) is 0 Å². The smallest absolute Gasteiger partial charge is 0.238 e. The molecule has 1 fully saturated rings. The third-order valence-electron chi connectivity index (χ3n) is 2.93. The van der Waals surface area contributed by atoms with E-state index in [-0.39, 0.29) is 24.1 Å². The van der Waals surface area contributed by atoms with Gasteiger partial charge in [0.1, 0.15) is 5.82 Å². The summed E-state index contributed by atoms with van der Waals surface area (Å²) in [5.41, 5.74) is 0.634. The molecule has 2 rings (SSSR count). The minimum absolute atomic E-state index is 0. The van der Waals surface area contributed by atoms with E-state index in [1.165, 1.54) is 12.1 Å². The average molecular weight is 288 g/mol. The normalized spacial score (nSPS) is 16.3. The molecule has 0 atom stereocenters. The van der Waals surface area contributed by atoms with Crippen molar-refractivity contribution in [3.8, 4) is 0 Å². The minimum Gasteiger partial charge on any atom is -0.325 e. The molecule has 1 aliphatic rings. The highest BCUT2D eigenvalue weighted by Crippen LogP contribution is 2.08. The van der Waals surface area contributed by atoms with Crippen LogP contribution in [0.15, 0.2) is 24.3 Å². The van der Waals surface area contributed by atoms with Gasteiger partial charge in [-0.2, -0.15) is 0 Å². The van der Waals surface area contributed by atoms with Gasteiger partial charge in [-0.05, 0) is 43.8 Å². The molecule has 1 aromatic rings. The van der Waals surface area contributed by atoms with Crippen molar-refractivity contribution < 1.29 is 9.18 Å². The van der Waals surface area contributed by atoms with E-state index in [0.29, 0.717) is 12.2 Å². The fraction of sp³-hybridized carbons (Fsp3) is 0.462. The average Bonchev–Trinajstić information content (AvgIpc) is 2.61. The van der Waals surface area contributed by atoms with Gasteiger partial charge in [-0.3, -0.25) is 9.69 Å². The third kappa shape index (κ3) is 5.55. The van der Waals surface area contributed by atoms with Crippen molar-refractivity contribution in [3.05, 3.63) is 30.1 Å². The SMILES string of the molecule is Cl.O=C(CN1CCCNCC1)Nc1ccc(F)cc1. The monoisotopic (exact) mass is 287 g/mol. The molecule has 0 aromatic heterocycles. The minimum atomic E-state index is -0.299. The van der Waals surface area contributed by atoms with E-state index in [2.05, 4.69) is 15.5 Å². The van der Waals surface area contributed by atoms with Crippen LogP contribution in [0.2, 0.25) is 0 Å². The Morgan fingerprint density at radius 1 is 1.26 bits per heavy atom. The van der Waals surface area contributed by atoms with Crippen LogP contribution >= 0.6 is 12.4 Å². The number of hydrogen-bond donors (Lipinski definition) is 2. The van der Waals surface area contributed by atoms with Crippen molar-refractivity contribution in [1.29, 1.82) is 0 Å². The maximum atomic E-state index is 12.7. The van der Waals surface area contributed by atoms with Gasteiger partial charge >= 0.3 is 0 Å². The largest absolute Gasteiger partial charge is 0.325 e. The predicted molar refractivity (Wildman–Crippen MR) is 76.2 cm³/mol. The summed E-state index contributed by atoms with van der Waals surface area (Å²) < 4.78 is 12.7. The summed E-state index contributed by atoms with van der Waals surface area (Å²) in [6, 6.07) is 5.81. The second-order valence-electron chi connectivity index (χ2n) is 4.43. The highest BCUT2D eigenvalue weighted by atomic mass is 35.5. The van der Waals surface area contributed by atoms with E-state index < -0.39 is 0 Å². The van der Waals surface area contributed by atoms with Crippen LogP contribution in [0.5, 0.6) is 0 Å². The number of carbonyl (C=O) groups is 1. The molecule has 0 aliphatic carbocycles. The van der Waals surface area contributed by atoms with Gasteiger partial charge < -0.3 is 10.6 Å². The Bertz CT molecular complexity index is 391. The highest BCUT2D eigenvalue weighted by Gasteiger charge is 2.12. The van der Waals surface area contributed by atoms with E-state index in [9.17, 15) is 9.18 Å². The van der Waals surface area contributed by atoms with Gasteiger partial charge in [0.25, 0.3) is 0 Å². The zero-order chi connectivity index (χ0) is 12.8. The van der Waals surface area contributed by atoms with Gasteiger partial charge in [-0.1, -0.05) is 0 Å². The fourth-order valence-electron chi connectivity index (χ4n) is 2.00. The lowest BCUT2D eigenvalue weighted by Crippen LogP contribution is -2.35. The summed E-state index contributed by atoms with van der Waals surface area (Å²) in [5, 5.41) is 6.06. The molecule has 1 aliphatic heterocycles. The molecule has 6 heteroatoms. The molecule has 1 heterocycles. The lowest BCUT2D eigenvalue weighted by atomic mass is 10.3.